The van der Waals surface area contributed by atoms with E-state index in [-0.39, 0.29) is 5.22 Å². The maximum absolute atomic E-state index is 5.88. The predicted octanol–water partition coefficient (Wildman–Crippen LogP) is 3.78. The van der Waals surface area contributed by atoms with E-state index in [0.29, 0.717) is 18.4 Å². The van der Waals surface area contributed by atoms with Gasteiger partial charge in [-0.1, -0.05) is 25.1 Å². The Morgan fingerprint density at radius 1 is 1.31 bits per heavy atom. The number of nitrogens with zero attached hydrogens (tertiary/aromatic N) is 1. The Morgan fingerprint density at radius 3 is 2.75 bits per heavy atom. The summed E-state index contributed by atoms with van der Waals surface area (Å²) in [6.07, 6.45) is 0.907. The smallest absolute Gasteiger partial charge is 0.273 e. The van der Waals surface area contributed by atoms with E-state index >= 15 is 0 Å². The molecule has 3 nitrogen and oxygen atoms in total. The van der Waals surface area contributed by atoms with Gasteiger partial charge in [-0.05, 0) is 30.2 Å². The summed E-state index contributed by atoms with van der Waals surface area (Å²) in [6.45, 7) is 2.60. The second-order valence-corrected chi connectivity index (χ2v) is 3.66. The zero-order chi connectivity index (χ0) is 11.4. The number of benzene rings is 1. The van der Waals surface area contributed by atoms with Crippen LogP contribution in [-0.4, -0.2) is 11.6 Å². The average molecular weight is 238 g/mol. The molecule has 0 bridgehead atoms. The van der Waals surface area contributed by atoms with Gasteiger partial charge in [0, 0.05) is 5.56 Å². The lowest BCUT2D eigenvalue weighted by Gasteiger charge is -1.97. The monoisotopic (exact) mass is 237 g/mol. The third kappa shape index (κ3) is 2.36. The normalized spacial score (nSPS) is 10.4. The number of halogens is 1. The zero-order valence-corrected chi connectivity index (χ0v) is 9.70. The molecule has 4 heteroatoms. The van der Waals surface area contributed by atoms with Crippen molar-refractivity contribution in [3.8, 4) is 17.3 Å². The van der Waals surface area contributed by atoms with Crippen molar-refractivity contribution in [2.75, 3.05) is 6.61 Å². The number of oxazole rings is 1. The van der Waals surface area contributed by atoms with Crippen LogP contribution in [0.25, 0.3) is 11.5 Å². The average Bonchev–Trinajstić information content (AvgIpc) is 2.69. The fourth-order valence-corrected chi connectivity index (χ4v) is 1.45. The summed E-state index contributed by atoms with van der Waals surface area (Å²) in [5.74, 6) is 0.846. The molecule has 0 saturated carbocycles. The summed E-state index contributed by atoms with van der Waals surface area (Å²) in [5, 5.41) is 0.201. The van der Waals surface area contributed by atoms with Gasteiger partial charge in [-0.2, -0.15) is 4.98 Å². The van der Waals surface area contributed by atoms with Gasteiger partial charge in [0.15, 0.2) is 0 Å². The molecule has 0 saturated heterocycles. The second kappa shape index (κ2) is 5.03. The first-order chi connectivity index (χ1) is 7.81. The topological polar surface area (TPSA) is 35.3 Å². The Morgan fingerprint density at radius 2 is 2.06 bits per heavy atom. The summed E-state index contributed by atoms with van der Waals surface area (Å²) in [5.41, 5.74) is 0.885. The number of ether oxygens (including phenoxy) is 1. The van der Waals surface area contributed by atoms with Gasteiger partial charge in [-0.15, -0.1) is 0 Å². The highest BCUT2D eigenvalue weighted by atomic mass is 35.5. The van der Waals surface area contributed by atoms with Gasteiger partial charge in [-0.3, -0.25) is 0 Å². The van der Waals surface area contributed by atoms with Crippen LogP contribution in [0, 0.1) is 0 Å². The Balaban J connectivity index is 2.24. The molecule has 0 radical (unpaired) electrons. The Labute approximate surface area is 99.0 Å². The molecule has 0 N–H and O–H groups in total. The van der Waals surface area contributed by atoms with Crippen LogP contribution in [0.15, 0.2) is 34.7 Å². The molecule has 1 heterocycles. The number of aromatic nitrogens is 1. The van der Waals surface area contributed by atoms with E-state index in [4.69, 9.17) is 20.8 Å². The molecule has 84 valence electrons. The van der Waals surface area contributed by atoms with Gasteiger partial charge < -0.3 is 9.15 Å². The van der Waals surface area contributed by atoms with Crippen LogP contribution in [0.4, 0.5) is 0 Å². The molecule has 1 aromatic heterocycles. The van der Waals surface area contributed by atoms with Crippen molar-refractivity contribution in [3.63, 3.8) is 0 Å². The quantitative estimate of drug-likeness (QED) is 0.812. The molecule has 1 aromatic carbocycles. The standard InChI is InChI=1S/C12H12ClNO2/c1-2-8-15-12-10(13)16-11(14-12)9-6-4-3-5-7-9/h3-7H,2,8H2,1H3. The molecule has 2 aromatic rings. The van der Waals surface area contributed by atoms with Crippen molar-refractivity contribution in [3.05, 3.63) is 35.6 Å². The number of hydrogen-bond acceptors (Lipinski definition) is 3. The van der Waals surface area contributed by atoms with Gasteiger partial charge in [0.05, 0.1) is 6.61 Å². The van der Waals surface area contributed by atoms with Gasteiger partial charge in [0.1, 0.15) is 0 Å². The van der Waals surface area contributed by atoms with Gasteiger partial charge in [-0.25, -0.2) is 0 Å². The van der Waals surface area contributed by atoms with Crippen LogP contribution in [-0.2, 0) is 0 Å². The van der Waals surface area contributed by atoms with Crippen LogP contribution in [0.2, 0.25) is 5.22 Å². The fourth-order valence-electron chi connectivity index (χ4n) is 1.28. The molecule has 0 aliphatic carbocycles. The Kier molecular flexibility index (Phi) is 3.47. The van der Waals surface area contributed by atoms with Crippen molar-refractivity contribution in [1.29, 1.82) is 0 Å². The molecule has 2 rings (SSSR count). The van der Waals surface area contributed by atoms with E-state index in [1.165, 1.54) is 0 Å². The van der Waals surface area contributed by atoms with E-state index in [1.54, 1.807) is 0 Å². The van der Waals surface area contributed by atoms with Crippen LogP contribution in [0.3, 0.4) is 0 Å². The molecule has 0 aliphatic rings. The molecule has 0 spiro atoms. The summed E-state index contributed by atoms with van der Waals surface area (Å²) in [6, 6.07) is 9.58. The summed E-state index contributed by atoms with van der Waals surface area (Å²) in [7, 11) is 0. The van der Waals surface area contributed by atoms with Crippen LogP contribution >= 0.6 is 11.6 Å². The van der Waals surface area contributed by atoms with E-state index in [2.05, 4.69) is 4.98 Å². The first-order valence-electron chi connectivity index (χ1n) is 5.16. The molecule has 0 unspecified atom stereocenters. The molecule has 16 heavy (non-hydrogen) atoms. The lowest BCUT2D eigenvalue weighted by Crippen LogP contribution is -1.95. The highest BCUT2D eigenvalue weighted by molar-refractivity contribution is 6.30. The van der Waals surface area contributed by atoms with Crippen molar-refractivity contribution in [1.82, 2.24) is 4.98 Å². The number of hydrogen-bond donors (Lipinski definition) is 0. The maximum Gasteiger partial charge on any atom is 0.273 e. The molecule has 0 fully saturated rings. The molecule has 0 atom stereocenters. The number of rotatable bonds is 4. The Bertz CT molecular complexity index is 453. The van der Waals surface area contributed by atoms with Crippen molar-refractivity contribution in [2.24, 2.45) is 0 Å². The second-order valence-electron chi connectivity index (χ2n) is 3.31. The van der Waals surface area contributed by atoms with Crippen molar-refractivity contribution < 1.29 is 9.15 Å². The molecular weight excluding hydrogens is 226 g/mol. The van der Waals surface area contributed by atoms with Gasteiger partial charge in [0.2, 0.25) is 5.89 Å². The van der Waals surface area contributed by atoms with E-state index in [0.717, 1.165) is 12.0 Å². The minimum atomic E-state index is 0.201. The van der Waals surface area contributed by atoms with Crippen LogP contribution in [0.5, 0.6) is 5.88 Å². The summed E-state index contributed by atoms with van der Waals surface area (Å²) in [4.78, 5) is 4.20. The van der Waals surface area contributed by atoms with Crippen molar-refractivity contribution in [2.45, 2.75) is 13.3 Å². The third-order valence-electron chi connectivity index (χ3n) is 2.02. The fraction of sp³-hybridized carbons (Fsp3) is 0.250. The van der Waals surface area contributed by atoms with Crippen LogP contribution in [0.1, 0.15) is 13.3 Å². The minimum absolute atomic E-state index is 0.201. The SMILES string of the molecule is CCCOc1nc(-c2ccccc2)oc1Cl. The largest absolute Gasteiger partial charge is 0.474 e. The van der Waals surface area contributed by atoms with Gasteiger partial charge >= 0.3 is 0 Å². The first kappa shape index (κ1) is 11.0. The lowest BCUT2D eigenvalue weighted by atomic mass is 10.2. The first-order valence-corrected chi connectivity index (χ1v) is 5.53. The lowest BCUT2D eigenvalue weighted by molar-refractivity contribution is 0.304. The van der Waals surface area contributed by atoms with E-state index in [9.17, 15) is 0 Å². The zero-order valence-electron chi connectivity index (χ0n) is 8.94. The van der Waals surface area contributed by atoms with Crippen molar-refractivity contribution >= 4 is 11.6 Å². The minimum Gasteiger partial charge on any atom is -0.474 e. The van der Waals surface area contributed by atoms with E-state index < -0.39 is 0 Å². The highest BCUT2D eigenvalue weighted by Gasteiger charge is 2.13. The van der Waals surface area contributed by atoms with E-state index in [1.807, 2.05) is 37.3 Å². The summed E-state index contributed by atoms with van der Waals surface area (Å²) >= 11 is 5.88. The predicted molar refractivity (Wildman–Crippen MR) is 62.7 cm³/mol. The molecule has 0 amide bonds. The summed E-state index contributed by atoms with van der Waals surface area (Å²) < 4.78 is 10.7. The highest BCUT2D eigenvalue weighted by Crippen LogP contribution is 2.30. The maximum atomic E-state index is 5.88. The van der Waals surface area contributed by atoms with Gasteiger partial charge in [0.25, 0.3) is 11.1 Å². The van der Waals surface area contributed by atoms with Crippen LogP contribution < -0.4 is 4.74 Å². The third-order valence-corrected chi connectivity index (χ3v) is 2.26. The Hall–Kier alpha value is -1.48. The molecular formula is C12H12ClNO2. The molecule has 0 aliphatic heterocycles.